The molecule has 122 valence electrons. The zero-order chi connectivity index (χ0) is 16.7. The minimum atomic E-state index is -0.653. The number of carbonyl (C=O) groups excluding carboxylic acids is 1. The smallest absolute Gasteiger partial charge is 0.240 e. The van der Waals surface area contributed by atoms with Crippen LogP contribution in [0.1, 0.15) is 6.42 Å². The van der Waals surface area contributed by atoms with Gasteiger partial charge in [0.1, 0.15) is 6.04 Å². The first kappa shape index (κ1) is 14.5. The third-order valence-corrected chi connectivity index (χ3v) is 4.08. The van der Waals surface area contributed by atoms with E-state index in [2.05, 4.69) is 25.4 Å². The molecular formula is C15H15N7O2. The number of hydrogen-bond donors (Lipinski definition) is 3. The van der Waals surface area contributed by atoms with Crippen LogP contribution in [-0.2, 0) is 4.79 Å². The number of aromatic amines is 1. The van der Waals surface area contributed by atoms with E-state index in [9.17, 15) is 9.90 Å². The fraction of sp³-hybridized carbons (Fsp3) is 0.267. The van der Waals surface area contributed by atoms with Crippen molar-refractivity contribution >= 4 is 22.9 Å². The number of fused-ring (bicyclic) bond motifs is 1. The van der Waals surface area contributed by atoms with Crippen molar-refractivity contribution < 1.29 is 9.90 Å². The van der Waals surface area contributed by atoms with Gasteiger partial charge in [0.2, 0.25) is 11.6 Å². The van der Waals surface area contributed by atoms with Gasteiger partial charge in [-0.1, -0.05) is 30.3 Å². The summed E-state index contributed by atoms with van der Waals surface area (Å²) in [7, 11) is 0. The summed E-state index contributed by atoms with van der Waals surface area (Å²) in [4.78, 5) is 22.4. The number of amides is 1. The molecule has 0 saturated carbocycles. The van der Waals surface area contributed by atoms with Crippen molar-refractivity contribution in [3.05, 3.63) is 30.3 Å². The van der Waals surface area contributed by atoms with Gasteiger partial charge in [-0.05, 0) is 0 Å². The van der Waals surface area contributed by atoms with Gasteiger partial charge in [-0.15, -0.1) is 5.10 Å². The minimum absolute atomic E-state index is 0.251. The number of aliphatic hydroxyl groups excluding tert-OH is 1. The van der Waals surface area contributed by atoms with Crippen molar-refractivity contribution in [2.75, 3.05) is 11.4 Å². The molecule has 3 heterocycles. The van der Waals surface area contributed by atoms with Crippen LogP contribution in [0, 0.1) is 0 Å². The third kappa shape index (κ3) is 2.35. The molecule has 24 heavy (non-hydrogen) atoms. The highest BCUT2D eigenvalue weighted by Gasteiger charge is 2.37. The number of aliphatic hydroxyl groups is 1. The Morgan fingerprint density at radius 2 is 2.04 bits per heavy atom. The van der Waals surface area contributed by atoms with Crippen molar-refractivity contribution in [3.8, 4) is 11.4 Å². The van der Waals surface area contributed by atoms with Crippen molar-refractivity contribution in [1.29, 1.82) is 0 Å². The van der Waals surface area contributed by atoms with E-state index in [1.807, 2.05) is 30.3 Å². The van der Waals surface area contributed by atoms with E-state index < -0.39 is 18.1 Å². The minimum Gasteiger partial charge on any atom is -0.391 e. The second-order valence-corrected chi connectivity index (χ2v) is 5.69. The third-order valence-electron chi connectivity index (χ3n) is 4.08. The quantitative estimate of drug-likeness (QED) is 0.609. The molecular weight excluding hydrogens is 310 g/mol. The predicted octanol–water partition coefficient (Wildman–Crippen LogP) is -0.160. The van der Waals surface area contributed by atoms with E-state index >= 15 is 0 Å². The molecule has 1 saturated heterocycles. The van der Waals surface area contributed by atoms with E-state index in [1.165, 1.54) is 0 Å². The lowest BCUT2D eigenvalue weighted by atomic mass is 10.2. The summed E-state index contributed by atoms with van der Waals surface area (Å²) in [6.07, 6.45) is -0.390. The van der Waals surface area contributed by atoms with Crippen LogP contribution in [-0.4, -0.2) is 55.1 Å². The Bertz CT molecular complexity index is 895. The highest BCUT2D eigenvalue weighted by Crippen LogP contribution is 2.30. The zero-order valence-corrected chi connectivity index (χ0v) is 12.6. The van der Waals surface area contributed by atoms with E-state index in [1.54, 1.807) is 4.90 Å². The van der Waals surface area contributed by atoms with Gasteiger partial charge in [0, 0.05) is 18.5 Å². The first-order chi connectivity index (χ1) is 11.6. The van der Waals surface area contributed by atoms with Crippen LogP contribution in [0.5, 0.6) is 0 Å². The Morgan fingerprint density at radius 1 is 1.25 bits per heavy atom. The van der Waals surface area contributed by atoms with Gasteiger partial charge in [-0.3, -0.25) is 4.79 Å². The van der Waals surface area contributed by atoms with Crippen molar-refractivity contribution in [2.45, 2.75) is 18.6 Å². The van der Waals surface area contributed by atoms with Gasteiger partial charge in [0.05, 0.1) is 6.10 Å². The van der Waals surface area contributed by atoms with E-state index in [0.717, 1.165) is 5.56 Å². The molecule has 2 atom stereocenters. The first-order valence-electron chi connectivity index (χ1n) is 7.51. The maximum Gasteiger partial charge on any atom is 0.240 e. The molecule has 9 nitrogen and oxygen atoms in total. The second-order valence-electron chi connectivity index (χ2n) is 5.69. The lowest BCUT2D eigenvalue weighted by molar-refractivity contribution is -0.119. The maximum atomic E-state index is 11.7. The second kappa shape index (κ2) is 5.53. The standard InChI is InChI=1S/C15H15N7O2/c16-12(24)10-6-9(23)7-22(10)15-11-14(20-21-19-11)17-13(18-15)8-4-2-1-3-5-8/h1-5,9-10,23H,6-7H2,(H2,16,24)(H,17,18,19,20,21)/t9-,10+/m1/s1. The number of primary amides is 1. The molecule has 4 N–H and O–H groups in total. The maximum absolute atomic E-state index is 11.7. The Labute approximate surface area is 136 Å². The highest BCUT2D eigenvalue weighted by molar-refractivity contribution is 5.90. The van der Waals surface area contributed by atoms with E-state index in [-0.39, 0.29) is 13.0 Å². The van der Waals surface area contributed by atoms with Crippen LogP contribution in [0.15, 0.2) is 30.3 Å². The summed E-state index contributed by atoms with van der Waals surface area (Å²) in [6, 6.07) is 8.80. The van der Waals surface area contributed by atoms with Crippen molar-refractivity contribution in [3.63, 3.8) is 0 Å². The SMILES string of the molecule is NC(=O)[C@@H]1C[C@@H](O)CN1c1nc(-c2ccccc2)nc2n[nH]nc12. The number of rotatable bonds is 3. The molecule has 0 unspecified atom stereocenters. The van der Waals surface area contributed by atoms with Crippen LogP contribution in [0.4, 0.5) is 5.82 Å². The average molecular weight is 325 g/mol. The topological polar surface area (TPSA) is 134 Å². The van der Waals surface area contributed by atoms with Crippen LogP contribution in [0.25, 0.3) is 22.6 Å². The molecule has 1 amide bonds. The van der Waals surface area contributed by atoms with Crippen LogP contribution < -0.4 is 10.6 Å². The number of hydrogen-bond acceptors (Lipinski definition) is 7. The molecule has 0 bridgehead atoms. The van der Waals surface area contributed by atoms with Gasteiger partial charge < -0.3 is 15.7 Å². The van der Waals surface area contributed by atoms with Gasteiger partial charge in [-0.25, -0.2) is 9.97 Å². The number of nitrogens with one attached hydrogen (secondary N) is 1. The molecule has 9 heteroatoms. The Balaban J connectivity index is 1.88. The monoisotopic (exact) mass is 325 g/mol. The normalized spacial score (nSPS) is 20.6. The predicted molar refractivity (Wildman–Crippen MR) is 85.9 cm³/mol. The van der Waals surface area contributed by atoms with Gasteiger partial charge in [0.15, 0.2) is 17.2 Å². The summed E-state index contributed by atoms with van der Waals surface area (Å²) in [6.45, 7) is 0.251. The van der Waals surface area contributed by atoms with Crippen LogP contribution in [0.3, 0.4) is 0 Å². The molecule has 1 aliphatic rings. The summed E-state index contributed by atoms with van der Waals surface area (Å²) in [5.41, 5.74) is 7.13. The molecule has 0 aliphatic carbocycles. The molecule has 4 rings (SSSR count). The van der Waals surface area contributed by atoms with Crippen molar-refractivity contribution in [2.24, 2.45) is 5.73 Å². The number of aromatic nitrogens is 5. The summed E-state index contributed by atoms with van der Waals surface area (Å²) >= 11 is 0. The van der Waals surface area contributed by atoms with Crippen LogP contribution >= 0.6 is 0 Å². The lowest BCUT2D eigenvalue weighted by Crippen LogP contribution is -2.41. The van der Waals surface area contributed by atoms with E-state index in [4.69, 9.17) is 5.73 Å². The highest BCUT2D eigenvalue weighted by atomic mass is 16.3. The molecule has 1 fully saturated rings. The largest absolute Gasteiger partial charge is 0.391 e. The summed E-state index contributed by atoms with van der Waals surface area (Å²) in [5, 5.41) is 20.6. The number of nitrogens with zero attached hydrogens (tertiary/aromatic N) is 5. The molecule has 0 spiro atoms. The number of nitrogens with two attached hydrogens (primary N) is 1. The van der Waals surface area contributed by atoms with Crippen LogP contribution in [0.2, 0.25) is 0 Å². The number of H-pyrrole nitrogens is 1. The zero-order valence-electron chi connectivity index (χ0n) is 12.6. The average Bonchev–Trinajstić information content (AvgIpc) is 3.21. The van der Waals surface area contributed by atoms with Crippen molar-refractivity contribution in [1.82, 2.24) is 25.4 Å². The summed E-state index contributed by atoms with van der Waals surface area (Å²) < 4.78 is 0. The van der Waals surface area contributed by atoms with Gasteiger partial charge in [0.25, 0.3) is 0 Å². The molecule has 1 aromatic carbocycles. The first-order valence-corrected chi connectivity index (χ1v) is 7.51. The fourth-order valence-corrected chi connectivity index (χ4v) is 2.97. The number of benzene rings is 1. The molecule has 3 aromatic rings. The van der Waals surface area contributed by atoms with Gasteiger partial charge in [-0.2, -0.15) is 10.3 Å². The molecule has 1 aliphatic heterocycles. The molecule has 0 radical (unpaired) electrons. The van der Waals surface area contributed by atoms with Gasteiger partial charge >= 0.3 is 0 Å². The van der Waals surface area contributed by atoms with E-state index in [0.29, 0.717) is 22.8 Å². The lowest BCUT2D eigenvalue weighted by Gasteiger charge is -2.23. The number of anilines is 1. The summed E-state index contributed by atoms with van der Waals surface area (Å²) in [5.74, 6) is 0.396. The fourth-order valence-electron chi connectivity index (χ4n) is 2.97. The Hall–Kier alpha value is -3.07. The molecule has 2 aromatic heterocycles. The Morgan fingerprint density at radius 3 is 2.79 bits per heavy atom. The number of carbonyl (C=O) groups is 1. The number of β-amino-alcohol motifs (C(OH)–C–C–N with tert-alkyl or cyclic N) is 1. The Kier molecular flexibility index (Phi) is 3.35.